The first-order chi connectivity index (χ1) is 5.79. The van der Waals surface area contributed by atoms with Crippen LogP contribution in [0.1, 0.15) is 0 Å². The summed E-state index contributed by atoms with van der Waals surface area (Å²) in [5.74, 6) is -0.0400. The van der Waals surface area contributed by atoms with Gasteiger partial charge in [-0.05, 0) is 17.5 Å². The molecule has 12 heavy (non-hydrogen) atoms. The van der Waals surface area contributed by atoms with Crippen molar-refractivity contribution in [2.75, 3.05) is 0 Å². The van der Waals surface area contributed by atoms with E-state index < -0.39 is 5.63 Å². The maximum absolute atomic E-state index is 11.1. The average Bonchev–Trinajstić information content (AvgIpc) is 2.04. The van der Waals surface area contributed by atoms with Crippen LogP contribution in [0.25, 0.3) is 10.8 Å². The number of fused-ring (bicyclic) bond motifs is 1. The predicted molar refractivity (Wildman–Crippen MR) is 44.1 cm³/mol. The summed E-state index contributed by atoms with van der Waals surface area (Å²) >= 11 is 0. The van der Waals surface area contributed by atoms with Gasteiger partial charge in [-0.25, -0.2) is 4.79 Å². The van der Waals surface area contributed by atoms with Crippen LogP contribution in [-0.2, 0) is 0 Å². The van der Waals surface area contributed by atoms with E-state index in [-0.39, 0.29) is 11.1 Å². The summed E-state index contributed by atoms with van der Waals surface area (Å²) in [5, 5.41) is 10.2. The van der Waals surface area contributed by atoms with Crippen LogP contribution in [-0.4, -0.2) is 5.11 Å². The highest BCUT2D eigenvalue weighted by Crippen LogP contribution is 2.19. The number of aromatic hydroxyl groups is 1. The molecule has 3 nitrogen and oxygen atoms in total. The molecule has 2 aromatic rings. The molecule has 60 valence electrons. The molecule has 0 fully saturated rings. The third-order valence-corrected chi connectivity index (χ3v) is 1.70. The number of hydrogen-bond donors (Lipinski definition) is 1. The second-order valence-electron chi connectivity index (χ2n) is 2.45. The van der Waals surface area contributed by atoms with Crippen LogP contribution in [0.5, 0.6) is 5.75 Å². The molecule has 0 saturated heterocycles. The largest absolute Gasteiger partial charge is 0.507 e. The van der Waals surface area contributed by atoms with Gasteiger partial charge in [-0.2, -0.15) is 0 Å². The average molecular weight is 162 g/mol. The van der Waals surface area contributed by atoms with Crippen molar-refractivity contribution in [3.8, 4) is 5.75 Å². The first-order valence-corrected chi connectivity index (χ1v) is 3.48. The summed E-state index contributed by atoms with van der Waals surface area (Å²) in [4.78, 5) is 11.1. The van der Waals surface area contributed by atoms with Crippen LogP contribution in [0.4, 0.5) is 0 Å². The molecule has 0 atom stereocenters. The Hall–Kier alpha value is -1.77. The monoisotopic (exact) mass is 162 g/mol. The highest BCUT2D eigenvalue weighted by atomic mass is 16.4. The highest BCUT2D eigenvalue weighted by molar-refractivity contribution is 5.86. The molecule has 0 spiro atoms. The second-order valence-corrected chi connectivity index (χ2v) is 2.45. The maximum atomic E-state index is 11.1. The van der Waals surface area contributed by atoms with E-state index in [0.717, 1.165) is 0 Å². The zero-order chi connectivity index (χ0) is 8.55. The molecular formula is C9H6O3. The minimum Gasteiger partial charge on any atom is -0.507 e. The normalized spacial score (nSPS) is 10.3. The fourth-order valence-electron chi connectivity index (χ4n) is 1.15. The van der Waals surface area contributed by atoms with E-state index in [1.807, 2.05) is 0 Å². The molecule has 1 heterocycles. The first-order valence-electron chi connectivity index (χ1n) is 3.48. The van der Waals surface area contributed by atoms with Crippen LogP contribution in [0.3, 0.4) is 0 Å². The molecule has 1 aromatic heterocycles. The van der Waals surface area contributed by atoms with E-state index in [2.05, 4.69) is 4.42 Å². The Morgan fingerprint density at radius 1 is 1.25 bits per heavy atom. The summed E-state index contributed by atoms with van der Waals surface area (Å²) in [6, 6.07) is 6.51. The van der Waals surface area contributed by atoms with Gasteiger partial charge in [0.05, 0.1) is 6.26 Å². The van der Waals surface area contributed by atoms with E-state index in [0.29, 0.717) is 5.39 Å². The molecule has 2 rings (SSSR count). The molecule has 0 aliphatic heterocycles. The summed E-state index contributed by atoms with van der Waals surface area (Å²) in [5.41, 5.74) is -0.509. The lowest BCUT2D eigenvalue weighted by atomic mass is 10.2. The molecule has 1 N–H and O–H groups in total. The molecule has 0 aliphatic rings. The van der Waals surface area contributed by atoms with E-state index in [4.69, 9.17) is 0 Å². The Morgan fingerprint density at radius 2 is 2.08 bits per heavy atom. The Balaban J connectivity index is 3.07. The van der Waals surface area contributed by atoms with Gasteiger partial charge in [-0.3, -0.25) is 0 Å². The highest BCUT2D eigenvalue weighted by Gasteiger charge is 2.02. The van der Waals surface area contributed by atoms with Crippen molar-refractivity contribution >= 4 is 10.8 Å². The molecule has 3 heteroatoms. The smallest absolute Gasteiger partial charge is 0.347 e. The first kappa shape index (κ1) is 6.91. The Morgan fingerprint density at radius 3 is 2.83 bits per heavy atom. The SMILES string of the molecule is O=c1occc2cccc(O)c12. The minimum absolute atomic E-state index is 0.0400. The molecule has 1 aromatic carbocycles. The van der Waals surface area contributed by atoms with Gasteiger partial charge < -0.3 is 9.52 Å². The Bertz CT molecular complexity index is 465. The fraction of sp³-hybridized carbons (Fsp3) is 0. The van der Waals surface area contributed by atoms with Crippen molar-refractivity contribution in [2.45, 2.75) is 0 Å². The van der Waals surface area contributed by atoms with Gasteiger partial charge in [0.25, 0.3) is 0 Å². The lowest BCUT2D eigenvalue weighted by Gasteiger charge is -1.96. The molecule has 0 saturated carbocycles. The van der Waals surface area contributed by atoms with Crippen molar-refractivity contribution in [2.24, 2.45) is 0 Å². The topological polar surface area (TPSA) is 50.4 Å². The molecule has 0 amide bonds. The van der Waals surface area contributed by atoms with Crippen molar-refractivity contribution in [3.63, 3.8) is 0 Å². The maximum Gasteiger partial charge on any atom is 0.347 e. The molecule has 0 unspecified atom stereocenters. The number of hydrogen-bond acceptors (Lipinski definition) is 3. The lowest BCUT2D eigenvalue weighted by molar-refractivity contribution is 0.473. The lowest BCUT2D eigenvalue weighted by Crippen LogP contribution is -1.97. The van der Waals surface area contributed by atoms with Gasteiger partial charge in [0.1, 0.15) is 11.1 Å². The van der Waals surface area contributed by atoms with E-state index in [9.17, 15) is 9.90 Å². The Labute approximate surface area is 67.9 Å². The summed E-state index contributed by atoms with van der Waals surface area (Å²) < 4.78 is 4.61. The molecular weight excluding hydrogens is 156 g/mol. The van der Waals surface area contributed by atoms with Gasteiger partial charge in [-0.1, -0.05) is 12.1 Å². The molecule has 0 aliphatic carbocycles. The van der Waals surface area contributed by atoms with Crippen LogP contribution in [0.2, 0.25) is 0 Å². The van der Waals surface area contributed by atoms with Crippen molar-refractivity contribution in [1.29, 1.82) is 0 Å². The number of phenolic OH excluding ortho intramolecular Hbond substituents is 1. The summed E-state index contributed by atoms with van der Waals surface area (Å²) in [7, 11) is 0. The van der Waals surface area contributed by atoms with Gasteiger partial charge in [0.2, 0.25) is 0 Å². The molecule has 0 bridgehead atoms. The van der Waals surface area contributed by atoms with Crippen LogP contribution in [0.15, 0.2) is 39.7 Å². The van der Waals surface area contributed by atoms with Crippen LogP contribution in [0, 0.1) is 0 Å². The second kappa shape index (κ2) is 2.37. The zero-order valence-corrected chi connectivity index (χ0v) is 6.15. The van der Waals surface area contributed by atoms with E-state index >= 15 is 0 Å². The third kappa shape index (κ3) is 0.871. The molecule has 0 radical (unpaired) electrons. The number of phenols is 1. The third-order valence-electron chi connectivity index (χ3n) is 1.70. The van der Waals surface area contributed by atoms with Crippen LogP contribution >= 0.6 is 0 Å². The fourth-order valence-corrected chi connectivity index (χ4v) is 1.15. The van der Waals surface area contributed by atoms with Gasteiger partial charge in [0.15, 0.2) is 0 Å². The predicted octanol–water partition coefficient (Wildman–Crippen LogP) is 1.50. The minimum atomic E-state index is -0.509. The van der Waals surface area contributed by atoms with Crippen molar-refractivity contribution in [3.05, 3.63) is 40.9 Å². The summed E-state index contributed by atoms with van der Waals surface area (Å²) in [6.45, 7) is 0. The van der Waals surface area contributed by atoms with Gasteiger partial charge >= 0.3 is 5.63 Å². The van der Waals surface area contributed by atoms with Crippen molar-refractivity contribution < 1.29 is 9.52 Å². The standard InChI is InChI=1S/C9H6O3/c10-7-3-1-2-6-4-5-12-9(11)8(6)7/h1-5,10H. The number of rotatable bonds is 0. The zero-order valence-electron chi connectivity index (χ0n) is 6.15. The van der Waals surface area contributed by atoms with Gasteiger partial charge in [-0.15, -0.1) is 0 Å². The quantitative estimate of drug-likeness (QED) is 0.638. The van der Waals surface area contributed by atoms with Crippen LogP contribution < -0.4 is 5.63 Å². The Kier molecular flexibility index (Phi) is 1.37. The van der Waals surface area contributed by atoms with Crippen molar-refractivity contribution in [1.82, 2.24) is 0 Å². The number of benzene rings is 1. The van der Waals surface area contributed by atoms with Gasteiger partial charge in [0, 0.05) is 0 Å². The van der Waals surface area contributed by atoms with E-state index in [1.54, 1.807) is 18.2 Å². The summed E-state index contributed by atoms with van der Waals surface area (Å²) in [6.07, 6.45) is 1.31. The van der Waals surface area contributed by atoms with E-state index in [1.165, 1.54) is 12.3 Å².